The molecule has 0 aliphatic rings. The molecular weight excluding hydrogens is 312 g/mol. The third kappa shape index (κ3) is 4.03. The highest BCUT2D eigenvalue weighted by molar-refractivity contribution is 9.10. The van der Waals surface area contributed by atoms with E-state index in [1.54, 1.807) is 24.3 Å². The maximum Gasteiger partial charge on any atom is 0.146 e. The van der Waals surface area contributed by atoms with Gasteiger partial charge in [-0.2, -0.15) is 0 Å². The highest BCUT2D eigenvalue weighted by atomic mass is 79.9. The van der Waals surface area contributed by atoms with Gasteiger partial charge < -0.3 is 5.32 Å². The highest BCUT2D eigenvalue weighted by Gasteiger charge is 2.08. The second kappa shape index (κ2) is 6.15. The fraction of sp³-hybridized carbons (Fsp3) is 0.200. The number of hydrogen-bond acceptors (Lipinski definition) is 1. The molecule has 0 bridgehead atoms. The standard InChI is InChI=1S/C15H14BrF2N/c1-10(8-11-2-5-13(17)6-3-11)19-15-9-12(16)4-7-14(15)18/h2-7,9-10,19H,8H2,1H3. The van der Waals surface area contributed by atoms with Crippen LogP contribution in [0.1, 0.15) is 12.5 Å². The molecule has 1 nitrogen and oxygen atoms in total. The van der Waals surface area contributed by atoms with E-state index in [0.717, 1.165) is 10.0 Å². The van der Waals surface area contributed by atoms with Gasteiger partial charge in [-0.05, 0) is 49.2 Å². The van der Waals surface area contributed by atoms with Crippen molar-refractivity contribution in [3.05, 3.63) is 64.1 Å². The number of nitrogens with one attached hydrogen (secondary N) is 1. The Morgan fingerprint density at radius 1 is 1.11 bits per heavy atom. The normalized spacial score (nSPS) is 12.2. The lowest BCUT2D eigenvalue weighted by Crippen LogP contribution is -2.18. The van der Waals surface area contributed by atoms with Gasteiger partial charge in [0.2, 0.25) is 0 Å². The van der Waals surface area contributed by atoms with Gasteiger partial charge in [-0.1, -0.05) is 28.1 Å². The molecule has 0 spiro atoms. The van der Waals surface area contributed by atoms with Gasteiger partial charge in [-0.15, -0.1) is 0 Å². The van der Waals surface area contributed by atoms with Gasteiger partial charge in [-0.3, -0.25) is 0 Å². The highest BCUT2D eigenvalue weighted by Crippen LogP contribution is 2.21. The maximum absolute atomic E-state index is 13.6. The Balaban J connectivity index is 2.02. The summed E-state index contributed by atoms with van der Waals surface area (Å²) >= 11 is 3.31. The molecule has 19 heavy (non-hydrogen) atoms. The first-order valence-electron chi connectivity index (χ1n) is 6.00. The first-order valence-corrected chi connectivity index (χ1v) is 6.80. The summed E-state index contributed by atoms with van der Waals surface area (Å²) in [5, 5.41) is 3.12. The van der Waals surface area contributed by atoms with Crippen LogP contribution in [0.15, 0.2) is 46.9 Å². The van der Waals surface area contributed by atoms with E-state index in [0.29, 0.717) is 12.1 Å². The summed E-state index contributed by atoms with van der Waals surface area (Å²) < 4.78 is 27.2. The summed E-state index contributed by atoms with van der Waals surface area (Å²) in [6, 6.07) is 11.2. The maximum atomic E-state index is 13.6. The SMILES string of the molecule is CC(Cc1ccc(F)cc1)Nc1cc(Br)ccc1F. The van der Waals surface area contributed by atoms with Gasteiger partial charge in [0.15, 0.2) is 0 Å². The minimum absolute atomic E-state index is 0.0502. The van der Waals surface area contributed by atoms with Crippen molar-refractivity contribution < 1.29 is 8.78 Å². The van der Waals surface area contributed by atoms with E-state index in [1.807, 2.05) is 6.92 Å². The van der Waals surface area contributed by atoms with E-state index >= 15 is 0 Å². The van der Waals surface area contributed by atoms with Crippen molar-refractivity contribution in [2.75, 3.05) is 5.32 Å². The molecule has 0 aliphatic heterocycles. The number of hydrogen-bond donors (Lipinski definition) is 1. The summed E-state index contributed by atoms with van der Waals surface area (Å²) in [6.45, 7) is 1.96. The van der Waals surface area contributed by atoms with Crippen molar-refractivity contribution in [2.24, 2.45) is 0 Å². The number of rotatable bonds is 4. The van der Waals surface area contributed by atoms with Crippen LogP contribution < -0.4 is 5.32 Å². The molecule has 0 aromatic heterocycles. The minimum atomic E-state index is -0.283. The van der Waals surface area contributed by atoms with Gasteiger partial charge >= 0.3 is 0 Å². The predicted octanol–water partition coefficient (Wildman–Crippen LogP) is 4.77. The van der Waals surface area contributed by atoms with Gasteiger partial charge in [0.1, 0.15) is 11.6 Å². The average Bonchev–Trinajstić information content (AvgIpc) is 2.37. The molecule has 0 heterocycles. The van der Waals surface area contributed by atoms with Crippen molar-refractivity contribution in [2.45, 2.75) is 19.4 Å². The smallest absolute Gasteiger partial charge is 0.146 e. The van der Waals surface area contributed by atoms with E-state index in [1.165, 1.54) is 18.2 Å². The first-order chi connectivity index (χ1) is 9.04. The van der Waals surface area contributed by atoms with Crippen molar-refractivity contribution in [3.63, 3.8) is 0 Å². The van der Waals surface area contributed by atoms with Crippen LogP contribution in [0, 0.1) is 11.6 Å². The van der Waals surface area contributed by atoms with Gasteiger partial charge in [0, 0.05) is 10.5 Å². The van der Waals surface area contributed by atoms with E-state index in [2.05, 4.69) is 21.2 Å². The zero-order valence-electron chi connectivity index (χ0n) is 10.5. The van der Waals surface area contributed by atoms with Crippen LogP contribution in [0.5, 0.6) is 0 Å². The van der Waals surface area contributed by atoms with E-state index < -0.39 is 0 Å². The molecule has 1 N–H and O–H groups in total. The molecule has 0 saturated carbocycles. The van der Waals surface area contributed by atoms with Crippen molar-refractivity contribution >= 4 is 21.6 Å². The molecule has 0 amide bonds. The summed E-state index contributed by atoms with van der Waals surface area (Å²) in [5.74, 6) is -0.531. The Bertz CT molecular complexity index is 555. The average molecular weight is 326 g/mol. The second-order valence-corrected chi connectivity index (χ2v) is 5.42. The lowest BCUT2D eigenvalue weighted by atomic mass is 10.1. The summed E-state index contributed by atoms with van der Waals surface area (Å²) in [6.07, 6.45) is 0.701. The number of halogens is 3. The third-order valence-electron chi connectivity index (χ3n) is 2.79. The summed E-state index contributed by atoms with van der Waals surface area (Å²) in [5.41, 5.74) is 1.47. The lowest BCUT2D eigenvalue weighted by molar-refractivity contribution is 0.623. The lowest BCUT2D eigenvalue weighted by Gasteiger charge is -2.16. The summed E-state index contributed by atoms with van der Waals surface area (Å²) in [4.78, 5) is 0. The predicted molar refractivity (Wildman–Crippen MR) is 77.3 cm³/mol. The first kappa shape index (κ1) is 14.0. The van der Waals surface area contributed by atoms with Crippen LogP contribution in [-0.2, 0) is 6.42 Å². The van der Waals surface area contributed by atoms with Crippen LogP contribution in [0.3, 0.4) is 0 Å². The summed E-state index contributed by atoms with van der Waals surface area (Å²) in [7, 11) is 0. The molecule has 0 saturated heterocycles. The molecule has 100 valence electrons. The fourth-order valence-corrected chi connectivity index (χ4v) is 2.26. The van der Waals surface area contributed by atoms with Gasteiger partial charge in [0.05, 0.1) is 5.69 Å². The third-order valence-corrected chi connectivity index (χ3v) is 3.28. The van der Waals surface area contributed by atoms with E-state index in [9.17, 15) is 8.78 Å². The molecule has 2 aromatic carbocycles. The molecule has 2 rings (SSSR count). The van der Waals surface area contributed by atoms with Crippen LogP contribution in [0.2, 0.25) is 0 Å². The molecule has 0 fully saturated rings. The van der Waals surface area contributed by atoms with Crippen LogP contribution in [0.25, 0.3) is 0 Å². The van der Waals surface area contributed by atoms with Gasteiger partial charge in [0.25, 0.3) is 0 Å². The fourth-order valence-electron chi connectivity index (χ4n) is 1.90. The molecule has 1 atom stereocenters. The molecule has 1 unspecified atom stereocenters. The molecular formula is C15H14BrF2N. The topological polar surface area (TPSA) is 12.0 Å². The molecule has 0 radical (unpaired) electrons. The number of anilines is 1. The van der Waals surface area contributed by atoms with Crippen molar-refractivity contribution in [3.8, 4) is 0 Å². The van der Waals surface area contributed by atoms with Gasteiger partial charge in [-0.25, -0.2) is 8.78 Å². The Morgan fingerprint density at radius 3 is 2.47 bits per heavy atom. The molecule has 2 aromatic rings. The van der Waals surface area contributed by atoms with Crippen molar-refractivity contribution in [1.29, 1.82) is 0 Å². The van der Waals surface area contributed by atoms with E-state index in [4.69, 9.17) is 0 Å². The number of benzene rings is 2. The largest absolute Gasteiger partial charge is 0.380 e. The van der Waals surface area contributed by atoms with Crippen LogP contribution in [-0.4, -0.2) is 6.04 Å². The monoisotopic (exact) mass is 325 g/mol. The second-order valence-electron chi connectivity index (χ2n) is 4.50. The Labute approximate surface area is 119 Å². The van der Waals surface area contributed by atoms with Crippen LogP contribution in [0.4, 0.5) is 14.5 Å². The Hall–Kier alpha value is -1.42. The quantitative estimate of drug-likeness (QED) is 0.853. The van der Waals surface area contributed by atoms with Crippen molar-refractivity contribution in [1.82, 2.24) is 0 Å². The Kier molecular flexibility index (Phi) is 4.53. The van der Waals surface area contributed by atoms with Crippen LogP contribution >= 0.6 is 15.9 Å². The molecule has 0 aliphatic carbocycles. The van der Waals surface area contributed by atoms with E-state index in [-0.39, 0.29) is 17.7 Å². The Morgan fingerprint density at radius 2 is 1.79 bits per heavy atom. The minimum Gasteiger partial charge on any atom is -0.380 e. The zero-order valence-corrected chi connectivity index (χ0v) is 12.0. The molecule has 4 heteroatoms. The zero-order chi connectivity index (χ0) is 13.8.